The van der Waals surface area contributed by atoms with Crippen molar-refractivity contribution in [2.45, 2.75) is 51.3 Å². The van der Waals surface area contributed by atoms with Crippen molar-refractivity contribution in [1.82, 2.24) is 0 Å². The Balaban J connectivity index is 0.998. The summed E-state index contributed by atoms with van der Waals surface area (Å²) in [5.74, 6) is 1.73. The molecule has 0 saturated carbocycles. The van der Waals surface area contributed by atoms with Crippen LogP contribution >= 0.6 is 11.8 Å². The maximum atomic E-state index is 7.35. The molecule has 4 aliphatic rings. The summed E-state index contributed by atoms with van der Waals surface area (Å²) in [7, 11) is 0. The van der Waals surface area contributed by atoms with E-state index >= 15 is 0 Å². The van der Waals surface area contributed by atoms with E-state index in [1.54, 1.807) is 0 Å². The molecule has 16 rings (SSSR count). The van der Waals surface area contributed by atoms with Crippen LogP contribution in [-0.4, -0.2) is 13.4 Å². The highest BCUT2D eigenvalue weighted by atomic mass is 32.2. The zero-order chi connectivity index (χ0) is 57.9. The Morgan fingerprint density at radius 2 is 0.826 bits per heavy atom. The number of ether oxygens (including phenoxy) is 1. The molecule has 4 heterocycles. The van der Waals surface area contributed by atoms with Gasteiger partial charge in [-0.3, -0.25) is 0 Å². The molecule has 0 fully saturated rings. The molecule has 0 unspecified atom stereocenters. The minimum Gasteiger partial charge on any atom is -0.458 e. The van der Waals surface area contributed by atoms with Crippen molar-refractivity contribution in [3.05, 3.63) is 288 Å². The first-order chi connectivity index (χ1) is 42.2. The number of nitrogens with zero attached hydrogens (tertiary/aromatic N) is 4. The Hall–Kier alpha value is -9.88. The van der Waals surface area contributed by atoms with Gasteiger partial charge in [-0.25, -0.2) is 0 Å². The van der Waals surface area contributed by atoms with E-state index in [2.05, 4.69) is 316 Å². The third-order valence-electron chi connectivity index (χ3n) is 18.2. The molecular weight excluding hydrogens is 1060 g/mol. The normalized spacial score (nSPS) is 13.0. The maximum Gasteiger partial charge on any atom is 0.256 e. The van der Waals surface area contributed by atoms with E-state index in [-0.39, 0.29) is 13.4 Å². The van der Waals surface area contributed by atoms with Gasteiger partial charge < -0.3 is 24.3 Å². The first-order valence-electron chi connectivity index (χ1n) is 29.9. The van der Waals surface area contributed by atoms with Crippen LogP contribution in [-0.2, 0) is 0 Å². The van der Waals surface area contributed by atoms with Crippen LogP contribution in [0.5, 0.6) is 11.5 Å². The molecular formula is C78H60B2N4OS. The van der Waals surface area contributed by atoms with Gasteiger partial charge in [0.2, 0.25) is 6.71 Å². The molecule has 0 spiro atoms. The van der Waals surface area contributed by atoms with Crippen LogP contribution in [0, 0.1) is 41.5 Å². The molecule has 0 saturated heterocycles. The smallest absolute Gasteiger partial charge is 0.256 e. The summed E-state index contributed by atoms with van der Waals surface area (Å²) in [4.78, 5) is 12.6. The number of fused-ring (bicyclic) bond motifs is 8. The SMILES string of the molecule is Cc1cccc(C)c1N(c1ccccc1)c1cc2c3c(c1)N(c1ccccc1-c1ccccc1)c1cc4c(cc1B3c1ccccc1O2)B1c2ccccc2N(c2c(C)cccc2C)c2cc(N(c3ccccc3)c3c(C)cccc3C)cc(c21)S4. The average Bonchev–Trinajstić information content (AvgIpc) is 0.896. The predicted octanol–water partition coefficient (Wildman–Crippen LogP) is 17.3. The van der Waals surface area contributed by atoms with Crippen molar-refractivity contribution in [2.75, 3.05) is 19.6 Å². The van der Waals surface area contributed by atoms with Crippen LogP contribution < -0.4 is 57.1 Å². The zero-order valence-electron chi connectivity index (χ0n) is 49.0. The summed E-state index contributed by atoms with van der Waals surface area (Å²) >= 11 is 1.92. The minimum absolute atomic E-state index is 0.0853. The highest BCUT2D eigenvalue weighted by Gasteiger charge is 2.47. The van der Waals surface area contributed by atoms with Crippen molar-refractivity contribution in [3.8, 4) is 22.6 Å². The van der Waals surface area contributed by atoms with Gasteiger partial charge >= 0.3 is 0 Å². The summed E-state index contributed by atoms with van der Waals surface area (Å²) in [6, 6.07) is 94.5. The van der Waals surface area contributed by atoms with Crippen molar-refractivity contribution < 1.29 is 4.74 Å². The van der Waals surface area contributed by atoms with E-state index in [0.717, 1.165) is 79.1 Å². The molecule has 0 aromatic heterocycles. The van der Waals surface area contributed by atoms with Gasteiger partial charge in [-0.2, -0.15) is 0 Å². The molecule has 5 nitrogen and oxygen atoms in total. The van der Waals surface area contributed by atoms with E-state index < -0.39 is 0 Å². The maximum absolute atomic E-state index is 7.35. The van der Waals surface area contributed by atoms with E-state index in [1.165, 1.54) is 87.8 Å². The third-order valence-corrected chi connectivity index (χ3v) is 19.3. The van der Waals surface area contributed by atoms with Gasteiger partial charge in [-0.1, -0.05) is 199 Å². The largest absolute Gasteiger partial charge is 0.458 e. The van der Waals surface area contributed by atoms with Crippen LogP contribution in [0.15, 0.2) is 265 Å². The lowest BCUT2D eigenvalue weighted by atomic mass is 9.31. The molecule has 86 heavy (non-hydrogen) atoms. The Kier molecular flexibility index (Phi) is 12.3. The predicted molar refractivity (Wildman–Crippen MR) is 365 cm³/mol. The Bertz CT molecular complexity index is 4660. The van der Waals surface area contributed by atoms with E-state index in [4.69, 9.17) is 4.74 Å². The van der Waals surface area contributed by atoms with Crippen LogP contribution in [0.4, 0.5) is 68.2 Å². The van der Waals surface area contributed by atoms with Gasteiger partial charge in [0, 0.05) is 61.2 Å². The molecule has 4 aliphatic heterocycles. The zero-order valence-corrected chi connectivity index (χ0v) is 49.8. The van der Waals surface area contributed by atoms with Crippen LogP contribution in [0.25, 0.3) is 11.1 Å². The van der Waals surface area contributed by atoms with E-state index in [9.17, 15) is 0 Å². The number of rotatable bonds is 9. The highest BCUT2D eigenvalue weighted by molar-refractivity contribution is 8.00. The van der Waals surface area contributed by atoms with Gasteiger partial charge in [0.25, 0.3) is 6.71 Å². The van der Waals surface area contributed by atoms with Crippen molar-refractivity contribution in [2.24, 2.45) is 0 Å². The van der Waals surface area contributed by atoms with Gasteiger partial charge in [-0.15, -0.1) is 0 Å². The second kappa shape index (κ2) is 20.4. The lowest BCUT2D eigenvalue weighted by Crippen LogP contribution is -2.63. The van der Waals surface area contributed by atoms with Crippen molar-refractivity contribution >= 4 is 126 Å². The van der Waals surface area contributed by atoms with Crippen molar-refractivity contribution in [1.29, 1.82) is 0 Å². The molecule has 8 heteroatoms. The molecule has 0 atom stereocenters. The first kappa shape index (κ1) is 51.7. The average molecular weight is 1120 g/mol. The minimum atomic E-state index is -0.153. The fraction of sp³-hybridized carbons (Fsp3) is 0.0769. The van der Waals surface area contributed by atoms with E-state index in [0.29, 0.717) is 0 Å². The van der Waals surface area contributed by atoms with Crippen LogP contribution in [0.1, 0.15) is 33.4 Å². The van der Waals surface area contributed by atoms with Crippen LogP contribution in [0.2, 0.25) is 0 Å². The number of anilines is 12. The number of hydrogen-bond acceptors (Lipinski definition) is 6. The van der Waals surface area contributed by atoms with Crippen molar-refractivity contribution in [3.63, 3.8) is 0 Å². The third kappa shape index (κ3) is 8.10. The number of hydrogen-bond donors (Lipinski definition) is 0. The molecule has 0 amide bonds. The monoisotopic (exact) mass is 1120 g/mol. The second-order valence-electron chi connectivity index (χ2n) is 23.5. The van der Waals surface area contributed by atoms with Gasteiger partial charge in [0.05, 0.1) is 28.4 Å². The lowest BCUT2D eigenvalue weighted by molar-refractivity contribution is 0.487. The Labute approximate surface area is 509 Å². The first-order valence-corrected chi connectivity index (χ1v) is 30.7. The highest BCUT2D eigenvalue weighted by Crippen LogP contribution is 2.52. The topological polar surface area (TPSA) is 22.2 Å². The summed E-state index contributed by atoms with van der Waals surface area (Å²) in [6.07, 6.45) is 0. The summed E-state index contributed by atoms with van der Waals surface area (Å²) in [5, 5.41) is 0. The lowest BCUT2D eigenvalue weighted by Gasteiger charge is -2.44. The number of para-hydroxylation sites is 8. The fourth-order valence-electron chi connectivity index (χ4n) is 14.6. The molecule has 0 N–H and O–H groups in total. The molecule has 0 radical (unpaired) electrons. The Morgan fingerprint density at radius 3 is 1.45 bits per heavy atom. The summed E-state index contributed by atoms with van der Waals surface area (Å²) in [5.41, 5.74) is 30.7. The molecule has 0 bridgehead atoms. The standard InChI is InChI=1S/C78H60B2N4OS/c1-49-25-22-26-50(2)76(49)81(56-33-12-8-13-34-56)58-43-68-74-71(45-58)85-70-42-21-18-39-62(70)80(74)63-47-64-72(48-67(63)83(68)65-40-19-16-37-60(65)55-31-10-7-11-32-55)86-73-46-59(82(57-35-14-9-15-36-57)77-51(3)27-23-28-52(77)4)44-69-75(73)79(64)61-38-17-20-41-66(61)84(69)78-53(5)29-24-30-54(78)6/h7-48H,1-6H3. The van der Waals surface area contributed by atoms with Gasteiger partial charge in [0.15, 0.2) is 0 Å². The number of aryl methyl sites for hydroxylation is 6. The van der Waals surface area contributed by atoms with E-state index in [1.807, 2.05) is 11.8 Å². The Morgan fingerprint density at radius 1 is 0.326 bits per heavy atom. The van der Waals surface area contributed by atoms with Crippen LogP contribution in [0.3, 0.4) is 0 Å². The summed E-state index contributed by atoms with van der Waals surface area (Å²) < 4.78 is 7.35. The molecule has 410 valence electrons. The molecule has 12 aromatic rings. The van der Waals surface area contributed by atoms with Gasteiger partial charge in [-0.05, 0) is 175 Å². The fourth-order valence-corrected chi connectivity index (χ4v) is 15.8. The molecule has 12 aromatic carbocycles. The quantitative estimate of drug-likeness (QED) is 0.133. The number of benzene rings is 12. The second-order valence-corrected chi connectivity index (χ2v) is 24.6. The summed E-state index contributed by atoms with van der Waals surface area (Å²) in [6.45, 7) is 13.2. The van der Waals surface area contributed by atoms with Gasteiger partial charge in [0.1, 0.15) is 11.5 Å². The molecule has 0 aliphatic carbocycles.